The molecule has 1 aliphatic carbocycles. The molecule has 1 saturated heterocycles. The van der Waals surface area contributed by atoms with Gasteiger partial charge in [0.2, 0.25) is 5.91 Å². The second-order valence-corrected chi connectivity index (χ2v) is 10.3. The number of nitrogens with one attached hydrogen (secondary N) is 2. The van der Waals surface area contributed by atoms with Gasteiger partial charge in [0.1, 0.15) is 30.5 Å². The molecule has 0 radical (unpaired) electrons. The second kappa shape index (κ2) is 12.6. The van der Waals surface area contributed by atoms with Crippen LogP contribution in [-0.4, -0.2) is 83.3 Å². The lowest BCUT2D eigenvalue weighted by Gasteiger charge is -2.28. The lowest BCUT2D eigenvalue weighted by atomic mass is 9.94. The monoisotopic (exact) mass is 484 g/mol. The van der Waals surface area contributed by atoms with Crippen LogP contribution in [0.3, 0.4) is 0 Å². The van der Waals surface area contributed by atoms with E-state index in [1.54, 1.807) is 6.08 Å². The zero-order chi connectivity index (χ0) is 25.5. The Morgan fingerprint density at radius 1 is 1.09 bits per heavy atom. The molecular formula is C24H40N2O8. The number of ether oxygens (including phenoxy) is 2. The van der Waals surface area contributed by atoms with Crippen LogP contribution in [-0.2, 0) is 23.9 Å². The van der Waals surface area contributed by atoms with E-state index in [9.17, 15) is 29.7 Å². The highest BCUT2D eigenvalue weighted by molar-refractivity contribution is 5.89. The zero-order valence-electron chi connectivity index (χ0n) is 20.5. The van der Waals surface area contributed by atoms with Crippen molar-refractivity contribution in [1.29, 1.82) is 0 Å². The molecule has 34 heavy (non-hydrogen) atoms. The van der Waals surface area contributed by atoms with E-state index in [4.69, 9.17) is 9.47 Å². The number of aliphatic hydroxyl groups is 3. The molecule has 0 aromatic heterocycles. The summed E-state index contributed by atoms with van der Waals surface area (Å²) >= 11 is 0. The van der Waals surface area contributed by atoms with Gasteiger partial charge in [-0.2, -0.15) is 0 Å². The predicted octanol–water partition coefficient (Wildman–Crippen LogP) is 0.183. The average molecular weight is 485 g/mol. The van der Waals surface area contributed by atoms with Gasteiger partial charge in [-0.25, -0.2) is 0 Å². The average Bonchev–Trinajstić information content (AvgIpc) is 3.26. The first-order chi connectivity index (χ1) is 15.9. The van der Waals surface area contributed by atoms with Crippen LogP contribution in [0.4, 0.5) is 0 Å². The molecule has 5 N–H and O–H groups in total. The van der Waals surface area contributed by atoms with Gasteiger partial charge in [0.05, 0.1) is 12.5 Å². The summed E-state index contributed by atoms with van der Waals surface area (Å²) in [5.74, 6) is -1.57. The van der Waals surface area contributed by atoms with Crippen molar-refractivity contribution in [3.63, 3.8) is 0 Å². The summed E-state index contributed by atoms with van der Waals surface area (Å²) in [7, 11) is 1.18. The number of amides is 2. The maximum atomic E-state index is 12.7. The Bertz CT molecular complexity index is 729. The van der Waals surface area contributed by atoms with Crippen LogP contribution in [0, 0.1) is 11.3 Å². The van der Waals surface area contributed by atoms with Crippen LogP contribution >= 0.6 is 0 Å². The molecule has 2 fully saturated rings. The van der Waals surface area contributed by atoms with Crippen LogP contribution in [0.15, 0.2) is 12.2 Å². The zero-order valence-corrected chi connectivity index (χ0v) is 20.5. The number of carbonyl (C=O) groups is 3. The maximum absolute atomic E-state index is 12.7. The molecule has 1 saturated carbocycles. The van der Waals surface area contributed by atoms with Crippen LogP contribution in [0.25, 0.3) is 0 Å². The van der Waals surface area contributed by atoms with Crippen LogP contribution in [0.1, 0.15) is 59.3 Å². The van der Waals surface area contributed by atoms with Gasteiger partial charge in [-0.1, -0.05) is 45.8 Å². The third-order valence-electron chi connectivity index (χ3n) is 6.20. The summed E-state index contributed by atoms with van der Waals surface area (Å²) in [5.41, 5.74) is -0.250. The molecule has 2 aliphatic rings. The Hall–Kier alpha value is -2.01. The number of aliphatic hydroxyl groups excluding tert-OH is 3. The number of methoxy groups -OCH3 is 1. The predicted molar refractivity (Wildman–Crippen MR) is 123 cm³/mol. The van der Waals surface area contributed by atoms with Gasteiger partial charge in [0, 0.05) is 7.11 Å². The van der Waals surface area contributed by atoms with Gasteiger partial charge >= 0.3 is 5.97 Å². The first-order valence-electron chi connectivity index (χ1n) is 12.0. The summed E-state index contributed by atoms with van der Waals surface area (Å²) < 4.78 is 10.6. The van der Waals surface area contributed by atoms with Crippen LogP contribution in [0.5, 0.6) is 0 Å². The maximum Gasteiger partial charge on any atom is 0.309 e. The number of carbonyl (C=O) groups excluding carboxylic acids is 3. The Kier molecular flexibility index (Phi) is 10.5. The molecule has 194 valence electrons. The number of allylic oxidation sites excluding steroid dienone is 1. The normalized spacial score (nSPS) is 25.8. The van der Waals surface area contributed by atoms with Crippen molar-refractivity contribution in [1.82, 2.24) is 10.6 Å². The summed E-state index contributed by atoms with van der Waals surface area (Å²) in [6, 6.07) is -0.921. The van der Waals surface area contributed by atoms with Gasteiger partial charge in [-0.3, -0.25) is 14.4 Å². The minimum atomic E-state index is -1.74. The van der Waals surface area contributed by atoms with Gasteiger partial charge in [-0.15, -0.1) is 0 Å². The first kappa shape index (κ1) is 28.2. The molecule has 1 aliphatic heterocycles. The SMILES string of the molecule is CO[C@@H](C(=O)NC1CC[C@@H](OC(=O)C2CCCC2)CNC1=O)[C@H](O)[C@@H](O)[C@H](O)/C=C/C(C)(C)C. The van der Waals surface area contributed by atoms with Crippen molar-refractivity contribution in [2.24, 2.45) is 11.3 Å². The lowest BCUT2D eigenvalue weighted by molar-refractivity contribution is -0.154. The van der Waals surface area contributed by atoms with E-state index in [2.05, 4.69) is 10.6 Å². The van der Waals surface area contributed by atoms with E-state index in [0.717, 1.165) is 25.7 Å². The summed E-state index contributed by atoms with van der Waals surface area (Å²) in [5, 5.41) is 36.1. The van der Waals surface area contributed by atoms with E-state index in [1.165, 1.54) is 13.2 Å². The number of rotatable bonds is 9. The quantitative estimate of drug-likeness (QED) is 0.229. The van der Waals surface area contributed by atoms with E-state index in [0.29, 0.717) is 6.42 Å². The fourth-order valence-electron chi connectivity index (χ4n) is 4.12. The van der Waals surface area contributed by atoms with Crippen molar-refractivity contribution in [3.05, 3.63) is 12.2 Å². The molecule has 0 bridgehead atoms. The molecule has 10 heteroatoms. The molecule has 0 spiro atoms. The Balaban J connectivity index is 1.93. The van der Waals surface area contributed by atoms with Gasteiger partial charge in [0.25, 0.3) is 5.91 Å². The van der Waals surface area contributed by atoms with Gasteiger partial charge in [0.15, 0.2) is 6.10 Å². The van der Waals surface area contributed by atoms with Crippen LogP contribution in [0.2, 0.25) is 0 Å². The largest absolute Gasteiger partial charge is 0.460 e. The van der Waals surface area contributed by atoms with E-state index < -0.39 is 48.4 Å². The van der Waals surface area contributed by atoms with E-state index >= 15 is 0 Å². The minimum Gasteiger partial charge on any atom is -0.460 e. The Morgan fingerprint density at radius 2 is 1.74 bits per heavy atom. The van der Waals surface area contributed by atoms with Crippen molar-refractivity contribution in [3.8, 4) is 0 Å². The molecule has 10 nitrogen and oxygen atoms in total. The van der Waals surface area contributed by atoms with E-state index in [-0.39, 0.29) is 30.3 Å². The van der Waals surface area contributed by atoms with Crippen molar-refractivity contribution >= 4 is 17.8 Å². The summed E-state index contributed by atoms with van der Waals surface area (Å²) in [4.78, 5) is 37.5. The second-order valence-electron chi connectivity index (χ2n) is 10.3. The molecule has 2 rings (SSSR count). The Morgan fingerprint density at radius 3 is 2.32 bits per heavy atom. The first-order valence-corrected chi connectivity index (χ1v) is 12.0. The number of hydrogen-bond donors (Lipinski definition) is 5. The molecule has 0 aromatic carbocycles. The van der Waals surface area contributed by atoms with Crippen LogP contribution < -0.4 is 10.6 Å². The third kappa shape index (κ3) is 8.33. The fourth-order valence-corrected chi connectivity index (χ4v) is 4.12. The minimum absolute atomic E-state index is 0.0848. The standard InChI is InChI=1S/C24H40N2O8/c1-24(2,3)12-11-17(27)18(28)19(29)20(33-4)22(31)26-16-10-9-15(13-25-21(16)30)34-23(32)14-7-5-6-8-14/h11-12,14-20,27-29H,5-10,13H2,1-4H3,(H,25,30)(H,26,31)/b12-11+/t15-,16?,17-,18+,19-,20-/m1/s1. The van der Waals surface area contributed by atoms with Crippen molar-refractivity contribution in [2.45, 2.75) is 95.9 Å². The molecular weight excluding hydrogens is 444 g/mol. The molecule has 0 aromatic rings. The lowest BCUT2D eigenvalue weighted by Crippen LogP contribution is -2.55. The fraction of sp³-hybridized carbons (Fsp3) is 0.792. The highest BCUT2D eigenvalue weighted by Gasteiger charge is 2.38. The Labute approximate surface area is 201 Å². The van der Waals surface area contributed by atoms with Crippen molar-refractivity contribution in [2.75, 3.05) is 13.7 Å². The molecule has 1 heterocycles. The van der Waals surface area contributed by atoms with Crippen molar-refractivity contribution < 1.29 is 39.2 Å². The highest BCUT2D eigenvalue weighted by atomic mass is 16.5. The highest BCUT2D eigenvalue weighted by Crippen LogP contribution is 2.26. The number of esters is 1. The summed E-state index contributed by atoms with van der Waals surface area (Å²) in [6.07, 6.45) is 0.480. The third-order valence-corrected chi connectivity index (χ3v) is 6.20. The molecule has 2 amide bonds. The van der Waals surface area contributed by atoms with Gasteiger partial charge < -0.3 is 35.4 Å². The molecule has 6 atom stereocenters. The topological polar surface area (TPSA) is 154 Å². The molecule has 1 unspecified atom stereocenters. The van der Waals surface area contributed by atoms with E-state index in [1.807, 2.05) is 20.8 Å². The van der Waals surface area contributed by atoms with Gasteiger partial charge in [-0.05, 0) is 31.1 Å². The smallest absolute Gasteiger partial charge is 0.309 e. The summed E-state index contributed by atoms with van der Waals surface area (Å²) in [6.45, 7) is 5.87. The number of hydrogen-bond acceptors (Lipinski definition) is 8.